The molecule has 1 aliphatic rings. The molecule has 1 fully saturated rings. The van der Waals surface area contributed by atoms with E-state index in [1.165, 1.54) is 0 Å². The van der Waals surface area contributed by atoms with Crippen molar-refractivity contribution in [1.29, 1.82) is 0 Å². The number of rotatable bonds is 5. The Morgan fingerprint density at radius 1 is 1.12 bits per heavy atom. The van der Waals surface area contributed by atoms with Crippen LogP contribution in [-0.4, -0.2) is 30.9 Å². The smallest absolute Gasteiger partial charge is 0.314 e. The molecule has 0 saturated carbocycles. The summed E-state index contributed by atoms with van der Waals surface area (Å²) in [6, 6.07) is 15.8. The van der Waals surface area contributed by atoms with Crippen LogP contribution in [0.3, 0.4) is 0 Å². The molecule has 4 heteroatoms. The molecule has 1 heterocycles. The van der Waals surface area contributed by atoms with Crippen LogP contribution in [0, 0.1) is 0 Å². The van der Waals surface area contributed by atoms with Gasteiger partial charge in [0.1, 0.15) is 5.75 Å². The predicted molar refractivity (Wildman–Crippen MR) is 92.4 cm³/mol. The molecule has 0 amide bonds. The van der Waals surface area contributed by atoms with E-state index in [1.54, 1.807) is 0 Å². The SMILES string of the molecule is CCOc1cccc(-c2ccc(C3(C(=O)O)CCOCC3)cc2)c1. The van der Waals surface area contributed by atoms with Crippen molar-refractivity contribution in [3.63, 3.8) is 0 Å². The molecule has 2 aromatic rings. The predicted octanol–water partition coefficient (Wildman–Crippen LogP) is 3.89. The number of hydrogen-bond donors (Lipinski definition) is 1. The maximum atomic E-state index is 11.9. The fourth-order valence-electron chi connectivity index (χ4n) is 3.26. The van der Waals surface area contributed by atoms with Gasteiger partial charge in [0.05, 0.1) is 12.0 Å². The largest absolute Gasteiger partial charge is 0.494 e. The third-order valence-electron chi connectivity index (χ3n) is 4.67. The summed E-state index contributed by atoms with van der Waals surface area (Å²) >= 11 is 0. The second-order valence-corrected chi connectivity index (χ2v) is 6.04. The first-order valence-corrected chi connectivity index (χ1v) is 8.30. The van der Waals surface area contributed by atoms with Crippen LogP contribution in [0.4, 0.5) is 0 Å². The summed E-state index contributed by atoms with van der Waals surface area (Å²) in [5.74, 6) is 0.0717. The van der Waals surface area contributed by atoms with Gasteiger partial charge >= 0.3 is 5.97 Å². The Morgan fingerprint density at radius 3 is 2.46 bits per heavy atom. The summed E-state index contributed by atoms with van der Waals surface area (Å²) in [7, 11) is 0. The van der Waals surface area contributed by atoms with E-state index in [0.29, 0.717) is 32.7 Å². The monoisotopic (exact) mass is 326 g/mol. The zero-order valence-corrected chi connectivity index (χ0v) is 13.8. The second-order valence-electron chi connectivity index (χ2n) is 6.04. The molecular formula is C20H22O4. The van der Waals surface area contributed by atoms with Crippen molar-refractivity contribution in [2.24, 2.45) is 0 Å². The van der Waals surface area contributed by atoms with Crippen LogP contribution in [0.15, 0.2) is 48.5 Å². The molecule has 126 valence electrons. The fourth-order valence-corrected chi connectivity index (χ4v) is 3.26. The molecule has 0 aliphatic carbocycles. The van der Waals surface area contributed by atoms with Crippen molar-refractivity contribution in [1.82, 2.24) is 0 Å². The zero-order valence-electron chi connectivity index (χ0n) is 13.8. The molecule has 0 atom stereocenters. The zero-order chi connectivity index (χ0) is 17.0. The van der Waals surface area contributed by atoms with E-state index in [-0.39, 0.29) is 0 Å². The lowest BCUT2D eigenvalue weighted by atomic mass is 9.74. The van der Waals surface area contributed by atoms with Crippen LogP contribution in [0.25, 0.3) is 11.1 Å². The normalized spacial score (nSPS) is 16.5. The number of ether oxygens (including phenoxy) is 2. The van der Waals surface area contributed by atoms with Crippen molar-refractivity contribution in [2.75, 3.05) is 19.8 Å². The standard InChI is InChI=1S/C20H22O4/c1-2-24-18-5-3-4-16(14-18)15-6-8-17(9-7-15)20(19(21)22)10-12-23-13-11-20/h3-9,14H,2,10-13H2,1H3,(H,21,22). The summed E-state index contributed by atoms with van der Waals surface area (Å²) in [4.78, 5) is 11.9. The number of carboxylic acids is 1. The van der Waals surface area contributed by atoms with E-state index in [2.05, 4.69) is 0 Å². The first-order valence-electron chi connectivity index (χ1n) is 8.30. The molecule has 3 rings (SSSR count). The highest BCUT2D eigenvalue weighted by Gasteiger charge is 2.41. The molecule has 0 aromatic heterocycles. The van der Waals surface area contributed by atoms with Gasteiger partial charge in [0.15, 0.2) is 0 Å². The Bertz CT molecular complexity index is 700. The summed E-state index contributed by atoms with van der Waals surface area (Å²) in [5, 5.41) is 9.75. The Morgan fingerprint density at radius 2 is 1.83 bits per heavy atom. The van der Waals surface area contributed by atoms with Crippen LogP contribution in [0.2, 0.25) is 0 Å². The van der Waals surface area contributed by atoms with Crippen LogP contribution < -0.4 is 4.74 Å². The highest BCUT2D eigenvalue weighted by molar-refractivity contribution is 5.82. The molecule has 0 bridgehead atoms. The van der Waals surface area contributed by atoms with Crippen molar-refractivity contribution < 1.29 is 19.4 Å². The molecule has 2 aromatic carbocycles. The molecular weight excluding hydrogens is 304 g/mol. The van der Waals surface area contributed by atoms with Gasteiger partial charge in [-0.2, -0.15) is 0 Å². The average Bonchev–Trinajstić information content (AvgIpc) is 2.63. The Balaban J connectivity index is 1.90. The minimum absolute atomic E-state index is 0.491. The van der Waals surface area contributed by atoms with Gasteiger partial charge in [0, 0.05) is 13.2 Å². The van der Waals surface area contributed by atoms with E-state index < -0.39 is 11.4 Å². The van der Waals surface area contributed by atoms with Gasteiger partial charge in [-0.15, -0.1) is 0 Å². The van der Waals surface area contributed by atoms with Crippen LogP contribution in [0.1, 0.15) is 25.3 Å². The Kier molecular flexibility index (Phi) is 4.86. The van der Waals surface area contributed by atoms with Gasteiger partial charge in [-0.05, 0) is 48.6 Å². The summed E-state index contributed by atoms with van der Waals surface area (Å²) in [5.41, 5.74) is 2.13. The molecule has 0 radical (unpaired) electrons. The molecule has 1 saturated heterocycles. The Hall–Kier alpha value is -2.33. The van der Waals surface area contributed by atoms with E-state index in [0.717, 1.165) is 22.4 Å². The highest BCUT2D eigenvalue weighted by atomic mass is 16.5. The minimum atomic E-state index is -0.829. The maximum Gasteiger partial charge on any atom is 0.314 e. The van der Waals surface area contributed by atoms with Crippen molar-refractivity contribution >= 4 is 5.97 Å². The fraction of sp³-hybridized carbons (Fsp3) is 0.350. The van der Waals surface area contributed by atoms with Crippen LogP contribution >= 0.6 is 0 Å². The second kappa shape index (κ2) is 7.05. The number of carboxylic acid groups (broad SMARTS) is 1. The van der Waals surface area contributed by atoms with Crippen molar-refractivity contribution in [3.8, 4) is 16.9 Å². The summed E-state index contributed by atoms with van der Waals surface area (Å²) in [6.45, 7) is 3.57. The van der Waals surface area contributed by atoms with E-state index in [4.69, 9.17) is 9.47 Å². The van der Waals surface area contributed by atoms with Gasteiger partial charge in [0.2, 0.25) is 0 Å². The van der Waals surface area contributed by atoms with Gasteiger partial charge < -0.3 is 14.6 Å². The maximum absolute atomic E-state index is 11.9. The molecule has 0 unspecified atom stereocenters. The third-order valence-corrected chi connectivity index (χ3v) is 4.67. The number of hydrogen-bond acceptors (Lipinski definition) is 3. The average molecular weight is 326 g/mol. The van der Waals surface area contributed by atoms with Crippen molar-refractivity contribution in [2.45, 2.75) is 25.2 Å². The molecule has 0 spiro atoms. The quantitative estimate of drug-likeness (QED) is 0.906. The van der Waals surface area contributed by atoms with Gasteiger partial charge in [-0.1, -0.05) is 36.4 Å². The van der Waals surface area contributed by atoms with E-state index in [1.807, 2.05) is 55.5 Å². The molecule has 1 N–H and O–H groups in total. The molecule has 4 nitrogen and oxygen atoms in total. The summed E-state index contributed by atoms with van der Waals surface area (Å²) < 4.78 is 10.9. The molecule has 24 heavy (non-hydrogen) atoms. The Labute approximate surface area is 142 Å². The van der Waals surface area contributed by atoms with Crippen LogP contribution in [-0.2, 0) is 14.9 Å². The van der Waals surface area contributed by atoms with E-state index >= 15 is 0 Å². The van der Waals surface area contributed by atoms with Crippen molar-refractivity contribution in [3.05, 3.63) is 54.1 Å². The number of aliphatic carboxylic acids is 1. The highest BCUT2D eigenvalue weighted by Crippen LogP contribution is 2.36. The lowest BCUT2D eigenvalue weighted by molar-refractivity contribution is -0.147. The van der Waals surface area contributed by atoms with Gasteiger partial charge in [-0.3, -0.25) is 4.79 Å². The van der Waals surface area contributed by atoms with Crippen LogP contribution in [0.5, 0.6) is 5.75 Å². The van der Waals surface area contributed by atoms with Gasteiger partial charge in [0.25, 0.3) is 0 Å². The molecule has 1 aliphatic heterocycles. The summed E-state index contributed by atoms with van der Waals surface area (Å²) in [6.07, 6.45) is 1.03. The third kappa shape index (κ3) is 3.15. The lowest BCUT2D eigenvalue weighted by Gasteiger charge is -2.33. The first kappa shape index (κ1) is 16.5. The topological polar surface area (TPSA) is 55.8 Å². The van der Waals surface area contributed by atoms with E-state index in [9.17, 15) is 9.90 Å². The lowest BCUT2D eigenvalue weighted by Crippen LogP contribution is -2.41. The number of benzene rings is 2. The minimum Gasteiger partial charge on any atom is -0.494 e. The van der Waals surface area contributed by atoms with Gasteiger partial charge in [-0.25, -0.2) is 0 Å². The number of carbonyl (C=O) groups is 1. The first-order chi connectivity index (χ1) is 11.7.